The van der Waals surface area contributed by atoms with E-state index in [1.807, 2.05) is 49.4 Å². The lowest BCUT2D eigenvalue weighted by Crippen LogP contribution is -2.36. The maximum absolute atomic E-state index is 12.8. The minimum atomic E-state index is -0.693. The first kappa shape index (κ1) is 18.7. The van der Waals surface area contributed by atoms with Gasteiger partial charge in [0.05, 0.1) is 17.1 Å². The number of carbonyl (C=O) groups is 1. The first-order chi connectivity index (χ1) is 14.0. The van der Waals surface area contributed by atoms with Crippen LogP contribution in [0.1, 0.15) is 35.8 Å². The van der Waals surface area contributed by atoms with Crippen molar-refractivity contribution < 1.29 is 4.79 Å². The molecule has 0 aliphatic rings. The molecule has 4 aromatic rings. The Balaban J connectivity index is 1.68. The molecule has 0 aliphatic carbocycles. The van der Waals surface area contributed by atoms with E-state index in [9.17, 15) is 14.4 Å². The molecule has 6 nitrogen and oxygen atoms in total. The Morgan fingerprint density at radius 2 is 1.83 bits per heavy atom. The average Bonchev–Trinajstić information content (AvgIpc) is 2.73. The number of nitrogens with one attached hydrogen (secondary N) is 2. The number of H-pyrrole nitrogens is 1. The zero-order valence-electron chi connectivity index (χ0n) is 16.2. The molecular weight excluding hydrogens is 366 g/mol. The quantitative estimate of drug-likeness (QED) is 0.527. The van der Waals surface area contributed by atoms with E-state index < -0.39 is 11.1 Å². The molecule has 1 heterocycles. The molecule has 2 N–H and O–H groups in total. The highest BCUT2D eigenvalue weighted by Gasteiger charge is 2.15. The van der Waals surface area contributed by atoms with Crippen LogP contribution in [0.15, 0.2) is 70.3 Å². The van der Waals surface area contributed by atoms with Crippen LogP contribution in [0.25, 0.3) is 21.8 Å². The summed E-state index contributed by atoms with van der Waals surface area (Å²) < 4.78 is 1.40. The van der Waals surface area contributed by atoms with E-state index in [1.165, 1.54) is 4.57 Å². The number of rotatable bonds is 4. The van der Waals surface area contributed by atoms with Gasteiger partial charge in [-0.3, -0.25) is 14.4 Å². The molecular formula is C23H21N3O3. The number of hydrogen-bond donors (Lipinski definition) is 2. The van der Waals surface area contributed by atoms with Crippen molar-refractivity contribution in [3.63, 3.8) is 0 Å². The maximum Gasteiger partial charge on any atom is 0.316 e. The number of aromatic amines is 1. The van der Waals surface area contributed by atoms with Crippen molar-refractivity contribution in [3.05, 3.63) is 92.5 Å². The third-order valence-electron chi connectivity index (χ3n) is 5.19. The molecule has 0 aliphatic heterocycles. The van der Waals surface area contributed by atoms with E-state index in [-0.39, 0.29) is 11.9 Å². The van der Waals surface area contributed by atoms with Gasteiger partial charge in [0.15, 0.2) is 0 Å². The van der Waals surface area contributed by atoms with E-state index in [4.69, 9.17) is 0 Å². The van der Waals surface area contributed by atoms with Gasteiger partial charge >= 0.3 is 11.1 Å². The Morgan fingerprint density at radius 3 is 2.62 bits per heavy atom. The Labute approximate surface area is 166 Å². The minimum Gasteiger partial charge on any atom is -0.345 e. The third-order valence-corrected chi connectivity index (χ3v) is 5.19. The number of benzene rings is 3. The smallest absolute Gasteiger partial charge is 0.316 e. The fraction of sp³-hybridized carbons (Fsp3) is 0.174. The van der Waals surface area contributed by atoms with E-state index in [2.05, 4.69) is 10.3 Å². The van der Waals surface area contributed by atoms with Gasteiger partial charge in [0.2, 0.25) is 0 Å². The fourth-order valence-electron chi connectivity index (χ4n) is 3.72. The maximum atomic E-state index is 12.8. The van der Waals surface area contributed by atoms with Gasteiger partial charge in [-0.25, -0.2) is 0 Å². The zero-order valence-corrected chi connectivity index (χ0v) is 16.2. The number of amides is 1. The SMILES string of the molecule is CCn1c(=O)c(=O)[nH]c2cc(C(=O)NC(C)c3cccc4ccccc34)ccc21. The number of aryl methyl sites for hydroxylation is 1. The molecule has 1 amide bonds. The number of fused-ring (bicyclic) bond motifs is 2. The Hall–Kier alpha value is -3.67. The van der Waals surface area contributed by atoms with Crippen LogP contribution in [-0.2, 0) is 6.54 Å². The van der Waals surface area contributed by atoms with Crippen molar-refractivity contribution in [2.24, 2.45) is 0 Å². The Morgan fingerprint density at radius 1 is 1.07 bits per heavy atom. The van der Waals surface area contributed by atoms with Gasteiger partial charge in [0, 0.05) is 12.1 Å². The first-order valence-electron chi connectivity index (χ1n) is 9.55. The van der Waals surface area contributed by atoms with E-state index >= 15 is 0 Å². The molecule has 0 bridgehead atoms. The summed E-state index contributed by atoms with van der Waals surface area (Å²) in [5.74, 6) is -0.248. The van der Waals surface area contributed by atoms with E-state index in [1.54, 1.807) is 25.1 Å². The fourth-order valence-corrected chi connectivity index (χ4v) is 3.72. The molecule has 29 heavy (non-hydrogen) atoms. The van der Waals surface area contributed by atoms with Crippen LogP contribution >= 0.6 is 0 Å². The van der Waals surface area contributed by atoms with Crippen LogP contribution in [0.2, 0.25) is 0 Å². The molecule has 1 unspecified atom stereocenters. The summed E-state index contributed by atoms with van der Waals surface area (Å²) in [4.78, 5) is 39.3. The van der Waals surface area contributed by atoms with Crippen molar-refractivity contribution in [1.29, 1.82) is 0 Å². The predicted octanol–water partition coefficient (Wildman–Crippen LogP) is 3.35. The van der Waals surface area contributed by atoms with Crippen LogP contribution in [-0.4, -0.2) is 15.5 Å². The lowest BCUT2D eigenvalue weighted by Gasteiger charge is -2.17. The second-order valence-corrected chi connectivity index (χ2v) is 7.00. The number of nitrogens with zero attached hydrogens (tertiary/aromatic N) is 1. The molecule has 146 valence electrons. The van der Waals surface area contributed by atoms with Crippen molar-refractivity contribution in [3.8, 4) is 0 Å². The predicted molar refractivity (Wildman–Crippen MR) is 114 cm³/mol. The normalized spacial score (nSPS) is 12.2. The molecule has 6 heteroatoms. The minimum absolute atomic E-state index is 0.201. The molecule has 3 aromatic carbocycles. The summed E-state index contributed by atoms with van der Waals surface area (Å²) in [5, 5.41) is 5.24. The van der Waals surface area contributed by atoms with Crippen molar-refractivity contribution in [1.82, 2.24) is 14.9 Å². The van der Waals surface area contributed by atoms with Crippen LogP contribution in [0.5, 0.6) is 0 Å². The number of aromatic nitrogens is 2. The van der Waals surface area contributed by atoms with Crippen LogP contribution in [0, 0.1) is 0 Å². The van der Waals surface area contributed by atoms with Gasteiger partial charge in [0.1, 0.15) is 0 Å². The molecule has 0 saturated carbocycles. The molecule has 0 saturated heterocycles. The van der Waals surface area contributed by atoms with Gasteiger partial charge in [-0.1, -0.05) is 42.5 Å². The second-order valence-electron chi connectivity index (χ2n) is 7.00. The topological polar surface area (TPSA) is 84.0 Å². The summed E-state index contributed by atoms with van der Waals surface area (Å²) in [6.45, 7) is 4.12. The highest BCUT2D eigenvalue weighted by Crippen LogP contribution is 2.24. The highest BCUT2D eigenvalue weighted by atomic mass is 16.2. The number of carbonyl (C=O) groups excluding carboxylic acids is 1. The summed E-state index contributed by atoms with van der Waals surface area (Å²) in [5.41, 5.74) is 1.22. The monoisotopic (exact) mass is 387 g/mol. The lowest BCUT2D eigenvalue weighted by molar-refractivity contribution is 0.0940. The van der Waals surface area contributed by atoms with Gasteiger partial charge in [-0.2, -0.15) is 0 Å². The van der Waals surface area contributed by atoms with Crippen molar-refractivity contribution in [2.45, 2.75) is 26.4 Å². The highest BCUT2D eigenvalue weighted by molar-refractivity contribution is 5.98. The first-order valence-corrected chi connectivity index (χ1v) is 9.55. The van der Waals surface area contributed by atoms with Crippen LogP contribution < -0.4 is 16.4 Å². The van der Waals surface area contributed by atoms with Gasteiger partial charge in [0.25, 0.3) is 5.91 Å². The summed E-state index contributed by atoms with van der Waals surface area (Å²) >= 11 is 0. The van der Waals surface area contributed by atoms with Crippen LogP contribution in [0.4, 0.5) is 0 Å². The molecule has 0 fully saturated rings. The zero-order chi connectivity index (χ0) is 20.5. The molecule has 1 aromatic heterocycles. The van der Waals surface area contributed by atoms with Crippen LogP contribution in [0.3, 0.4) is 0 Å². The average molecular weight is 387 g/mol. The Kier molecular flexibility index (Phi) is 4.76. The van der Waals surface area contributed by atoms with Gasteiger partial charge in [-0.05, 0) is 48.4 Å². The van der Waals surface area contributed by atoms with E-state index in [0.717, 1.165) is 16.3 Å². The number of hydrogen-bond acceptors (Lipinski definition) is 3. The standard InChI is InChI=1S/C23H21N3O3/c1-3-26-20-12-11-16(13-19(20)25-22(28)23(26)29)21(27)24-14(2)17-10-6-8-15-7-4-5-9-18(15)17/h4-14H,3H2,1-2H3,(H,24,27)(H,25,28). The van der Waals surface area contributed by atoms with Gasteiger partial charge in [-0.15, -0.1) is 0 Å². The Bertz CT molecular complexity index is 1350. The molecule has 1 atom stereocenters. The van der Waals surface area contributed by atoms with Gasteiger partial charge < -0.3 is 14.9 Å². The van der Waals surface area contributed by atoms with E-state index in [0.29, 0.717) is 23.1 Å². The molecule has 4 rings (SSSR count). The molecule has 0 radical (unpaired) electrons. The van der Waals surface area contributed by atoms with Crippen molar-refractivity contribution in [2.75, 3.05) is 0 Å². The molecule has 0 spiro atoms. The van der Waals surface area contributed by atoms with Crippen molar-refractivity contribution >= 4 is 27.7 Å². The third kappa shape index (κ3) is 3.33. The second kappa shape index (κ2) is 7.39. The summed E-state index contributed by atoms with van der Waals surface area (Å²) in [7, 11) is 0. The summed E-state index contributed by atoms with van der Waals surface area (Å²) in [6, 6.07) is 18.8. The lowest BCUT2D eigenvalue weighted by atomic mass is 9.99. The summed E-state index contributed by atoms with van der Waals surface area (Å²) in [6.07, 6.45) is 0. The largest absolute Gasteiger partial charge is 0.345 e.